The maximum absolute atomic E-state index is 14.0. The van der Waals surface area contributed by atoms with Crippen molar-refractivity contribution < 1.29 is 19.2 Å². The van der Waals surface area contributed by atoms with Crippen LogP contribution in [0.25, 0.3) is 10.1 Å². The molecule has 0 unspecified atom stereocenters. The molecule has 2 aliphatic rings. The third-order valence-electron chi connectivity index (χ3n) is 7.86. The van der Waals surface area contributed by atoms with Crippen LogP contribution in [0.5, 0.6) is 0 Å². The van der Waals surface area contributed by atoms with Crippen LogP contribution in [0, 0.1) is 0 Å². The fourth-order valence-electron chi connectivity index (χ4n) is 5.71. The number of nitrogens with one attached hydrogen (secondary N) is 4. The SMILES string of the molecule is CC(C)(NC(=O)Cc1csc2ccccc12)C(=O)N[C@H]1CCc2cccc3c2N(C1=O)[C@H](C(=O)NCc1cn[nH]n1)C3. The molecule has 11 nitrogen and oxygen atoms in total. The summed E-state index contributed by atoms with van der Waals surface area (Å²) in [5.74, 6) is -1.41. The third-order valence-corrected chi connectivity index (χ3v) is 8.87. The summed E-state index contributed by atoms with van der Waals surface area (Å²) >= 11 is 1.57. The Labute approximate surface area is 246 Å². The highest BCUT2D eigenvalue weighted by Gasteiger charge is 2.44. The first-order valence-electron chi connectivity index (χ1n) is 13.8. The fourth-order valence-corrected chi connectivity index (χ4v) is 6.67. The Morgan fingerprint density at radius 2 is 1.93 bits per heavy atom. The third kappa shape index (κ3) is 5.25. The molecule has 0 aliphatic carbocycles. The largest absolute Gasteiger partial charge is 0.348 e. The smallest absolute Gasteiger partial charge is 0.250 e. The lowest BCUT2D eigenvalue weighted by Gasteiger charge is -2.30. The van der Waals surface area contributed by atoms with Gasteiger partial charge in [0, 0.05) is 11.1 Å². The van der Waals surface area contributed by atoms with Crippen LogP contribution < -0.4 is 20.9 Å². The molecule has 4 aromatic rings. The number of benzene rings is 2. The predicted molar refractivity (Wildman–Crippen MR) is 158 cm³/mol. The number of aryl methyl sites for hydroxylation is 1. The van der Waals surface area contributed by atoms with E-state index in [-0.39, 0.29) is 30.7 Å². The quantitative estimate of drug-likeness (QED) is 0.249. The number of carbonyl (C=O) groups is 4. The van der Waals surface area contributed by atoms with Gasteiger partial charge in [-0.25, -0.2) is 0 Å². The van der Waals surface area contributed by atoms with Gasteiger partial charge in [0.25, 0.3) is 0 Å². The second-order valence-electron chi connectivity index (χ2n) is 11.2. The molecule has 0 bridgehead atoms. The van der Waals surface area contributed by atoms with Gasteiger partial charge >= 0.3 is 0 Å². The maximum atomic E-state index is 14.0. The van der Waals surface area contributed by atoms with Crippen LogP contribution in [0.4, 0.5) is 5.69 Å². The molecule has 2 aromatic heterocycles. The minimum absolute atomic E-state index is 0.139. The summed E-state index contributed by atoms with van der Waals surface area (Å²) in [6.07, 6.45) is 2.96. The van der Waals surface area contributed by atoms with Gasteiger partial charge in [-0.3, -0.25) is 24.1 Å². The number of amides is 4. The van der Waals surface area contributed by atoms with Crippen molar-refractivity contribution in [3.05, 3.63) is 76.4 Å². The Hall–Kier alpha value is -4.58. The van der Waals surface area contributed by atoms with E-state index in [1.54, 1.807) is 25.2 Å². The van der Waals surface area contributed by atoms with Gasteiger partial charge in [-0.05, 0) is 60.2 Å². The van der Waals surface area contributed by atoms with Crippen LogP contribution in [-0.4, -0.2) is 56.7 Å². The average molecular weight is 586 g/mol. The highest BCUT2D eigenvalue weighted by Crippen LogP contribution is 2.39. The van der Waals surface area contributed by atoms with Crippen molar-refractivity contribution >= 4 is 50.7 Å². The number of hydrogen-bond donors (Lipinski definition) is 4. The van der Waals surface area contributed by atoms with Crippen LogP contribution >= 0.6 is 11.3 Å². The number of hydrogen-bond acceptors (Lipinski definition) is 7. The van der Waals surface area contributed by atoms with Crippen molar-refractivity contribution in [3.63, 3.8) is 0 Å². The molecule has 0 fully saturated rings. The summed E-state index contributed by atoms with van der Waals surface area (Å²) in [6, 6.07) is 12.1. The lowest BCUT2D eigenvalue weighted by molar-refractivity contribution is -0.134. The number of H-pyrrole nitrogens is 1. The molecule has 42 heavy (non-hydrogen) atoms. The molecule has 2 aromatic carbocycles. The number of aromatic amines is 1. The van der Waals surface area contributed by atoms with Crippen molar-refractivity contribution in [1.82, 2.24) is 31.4 Å². The van der Waals surface area contributed by atoms with Crippen LogP contribution in [0.1, 0.15) is 42.7 Å². The average Bonchev–Trinajstić information content (AvgIpc) is 3.70. The molecule has 6 rings (SSSR count). The Morgan fingerprint density at radius 1 is 1.12 bits per heavy atom. The minimum Gasteiger partial charge on any atom is -0.348 e. The first kappa shape index (κ1) is 27.6. The van der Waals surface area contributed by atoms with Crippen LogP contribution in [0.15, 0.2) is 54.0 Å². The van der Waals surface area contributed by atoms with E-state index in [2.05, 4.69) is 31.4 Å². The summed E-state index contributed by atoms with van der Waals surface area (Å²) in [5.41, 5.74) is 2.83. The van der Waals surface area contributed by atoms with Crippen LogP contribution in [-0.2, 0) is 45.0 Å². The maximum Gasteiger partial charge on any atom is 0.250 e. The van der Waals surface area contributed by atoms with E-state index in [1.165, 1.54) is 11.1 Å². The first-order valence-corrected chi connectivity index (χ1v) is 14.7. The molecule has 4 heterocycles. The second kappa shape index (κ2) is 11.0. The number of thiophene rings is 1. The zero-order valence-electron chi connectivity index (χ0n) is 23.3. The summed E-state index contributed by atoms with van der Waals surface area (Å²) in [5, 5.41) is 21.8. The van der Waals surface area contributed by atoms with Crippen molar-refractivity contribution in [3.8, 4) is 0 Å². The van der Waals surface area contributed by atoms with Gasteiger partial charge in [0.15, 0.2) is 0 Å². The van der Waals surface area contributed by atoms with E-state index < -0.39 is 23.5 Å². The predicted octanol–water partition coefficient (Wildman–Crippen LogP) is 2.16. The fraction of sp³-hybridized carbons (Fsp3) is 0.333. The molecule has 4 N–H and O–H groups in total. The summed E-state index contributed by atoms with van der Waals surface area (Å²) in [6.45, 7) is 3.41. The van der Waals surface area contributed by atoms with Gasteiger partial charge in [-0.15, -0.1) is 11.3 Å². The van der Waals surface area contributed by atoms with Gasteiger partial charge in [-0.1, -0.05) is 36.4 Å². The molecule has 2 aliphatic heterocycles. The summed E-state index contributed by atoms with van der Waals surface area (Å²) < 4.78 is 1.10. The van der Waals surface area contributed by atoms with Gasteiger partial charge in [0.05, 0.1) is 24.8 Å². The number of nitrogens with zero attached hydrogens (tertiary/aromatic N) is 3. The number of aromatic nitrogens is 3. The second-order valence-corrected chi connectivity index (χ2v) is 12.1. The first-order chi connectivity index (χ1) is 20.2. The Kier molecular flexibility index (Phi) is 7.23. The number of fused-ring (bicyclic) bond motifs is 1. The zero-order chi connectivity index (χ0) is 29.4. The molecule has 4 amide bonds. The molecular weight excluding hydrogens is 554 g/mol. The molecule has 2 atom stereocenters. The molecular formula is C30H31N7O4S. The molecule has 216 valence electrons. The Morgan fingerprint density at radius 3 is 2.74 bits per heavy atom. The Balaban J connectivity index is 1.15. The number of anilines is 1. The number of rotatable bonds is 8. The number of para-hydroxylation sites is 1. The molecule has 12 heteroatoms. The summed E-state index contributed by atoms with van der Waals surface area (Å²) in [4.78, 5) is 55.3. The van der Waals surface area contributed by atoms with Gasteiger partial charge < -0.3 is 16.0 Å². The molecule has 0 saturated carbocycles. The van der Waals surface area contributed by atoms with Crippen molar-refractivity contribution in [2.75, 3.05) is 4.90 Å². The highest BCUT2D eigenvalue weighted by atomic mass is 32.1. The van der Waals surface area contributed by atoms with E-state index in [0.29, 0.717) is 25.0 Å². The normalized spacial score (nSPS) is 18.0. The lowest BCUT2D eigenvalue weighted by atomic mass is 9.99. The van der Waals surface area contributed by atoms with Gasteiger partial charge in [0.1, 0.15) is 23.3 Å². The minimum atomic E-state index is -1.27. The van der Waals surface area contributed by atoms with E-state index >= 15 is 0 Å². The highest BCUT2D eigenvalue weighted by molar-refractivity contribution is 7.17. The van der Waals surface area contributed by atoms with Crippen molar-refractivity contribution in [2.45, 2.75) is 63.7 Å². The Bertz CT molecular complexity index is 1680. The van der Waals surface area contributed by atoms with Gasteiger partial charge in [-0.2, -0.15) is 15.4 Å². The monoisotopic (exact) mass is 585 g/mol. The lowest BCUT2D eigenvalue weighted by Crippen LogP contribution is -2.60. The van der Waals surface area contributed by atoms with E-state index in [4.69, 9.17) is 0 Å². The standard InChI is InChI=1S/C30H31N7O4S/c1-30(2,34-25(38)13-19-16-42-24-9-4-3-8-21(19)24)29(41)33-22-11-10-17-6-5-7-18-12-23(37(26(17)18)28(22)40)27(39)31-14-20-15-32-36-35-20/h3-9,15-16,22-23H,10-14H2,1-2H3,(H,31,39)(H,33,41)(H,34,38)(H,32,35,36)/t22-,23-/m0/s1. The molecule has 0 saturated heterocycles. The topological polar surface area (TPSA) is 149 Å². The van der Waals surface area contributed by atoms with Crippen LogP contribution in [0.3, 0.4) is 0 Å². The van der Waals surface area contributed by atoms with Crippen LogP contribution in [0.2, 0.25) is 0 Å². The summed E-state index contributed by atoms with van der Waals surface area (Å²) in [7, 11) is 0. The van der Waals surface area contributed by atoms with Crippen molar-refractivity contribution in [1.29, 1.82) is 0 Å². The number of carbonyl (C=O) groups excluding carboxylic acids is 4. The van der Waals surface area contributed by atoms with Crippen molar-refractivity contribution in [2.24, 2.45) is 0 Å². The molecule has 0 spiro atoms. The molecule has 0 radical (unpaired) electrons. The van der Waals surface area contributed by atoms with E-state index in [9.17, 15) is 19.2 Å². The van der Waals surface area contributed by atoms with E-state index in [0.717, 1.165) is 32.5 Å². The van der Waals surface area contributed by atoms with E-state index in [1.807, 2.05) is 47.8 Å². The van der Waals surface area contributed by atoms with Gasteiger partial charge in [0.2, 0.25) is 23.6 Å². The zero-order valence-corrected chi connectivity index (χ0v) is 24.1.